The molecular formula is C24H32N2O2S. The molecule has 0 spiro atoms. The van der Waals surface area contributed by atoms with E-state index in [0.29, 0.717) is 31.2 Å². The molecule has 156 valence electrons. The lowest BCUT2D eigenvalue weighted by atomic mass is 10.1. The van der Waals surface area contributed by atoms with Gasteiger partial charge in [-0.15, -0.1) is 11.8 Å². The third-order valence-electron chi connectivity index (χ3n) is 4.65. The Kier molecular flexibility index (Phi) is 9.26. The van der Waals surface area contributed by atoms with E-state index in [4.69, 9.17) is 0 Å². The van der Waals surface area contributed by atoms with E-state index in [1.165, 1.54) is 5.56 Å². The zero-order valence-corrected chi connectivity index (χ0v) is 18.7. The molecule has 2 aromatic carbocycles. The topological polar surface area (TPSA) is 49.4 Å². The SMILES string of the molecule is Cc1ccc(SCCC(=O)N(Cc2ccccc2)C(C)C(=O)NCC(C)C)cc1. The standard InChI is InChI=1S/C24H32N2O2S/c1-18(2)16-25-24(28)20(4)26(17-21-8-6-5-7-9-21)23(27)14-15-29-22-12-10-19(3)11-13-22/h5-13,18,20H,14-17H2,1-4H3,(H,25,28). The van der Waals surface area contributed by atoms with Crippen molar-refractivity contribution in [3.05, 3.63) is 65.7 Å². The Hall–Kier alpha value is -2.27. The van der Waals surface area contributed by atoms with Crippen LogP contribution in [0.3, 0.4) is 0 Å². The number of carbonyl (C=O) groups is 2. The number of thioether (sulfide) groups is 1. The number of rotatable bonds is 10. The average molecular weight is 413 g/mol. The molecular weight excluding hydrogens is 380 g/mol. The highest BCUT2D eigenvalue weighted by atomic mass is 32.2. The minimum Gasteiger partial charge on any atom is -0.354 e. The normalized spacial score (nSPS) is 11.9. The van der Waals surface area contributed by atoms with E-state index in [0.717, 1.165) is 10.5 Å². The van der Waals surface area contributed by atoms with Crippen molar-refractivity contribution >= 4 is 23.6 Å². The van der Waals surface area contributed by atoms with Crippen molar-refractivity contribution in [3.8, 4) is 0 Å². The van der Waals surface area contributed by atoms with E-state index in [1.807, 2.05) is 37.3 Å². The van der Waals surface area contributed by atoms with Crippen LogP contribution in [0.15, 0.2) is 59.5 Å². The van der Waals surface area contributed by atoms with Gasteiger partial charge in [0, 0.05) is 30.2 Å². The molecule has 0 aliphatic heterocycles. The Bertz CT molecular complexity index is 775. The molecule has 5 heteroatoms. The Morgan fingerprint density at radius 2 is 1.66 bits per heavy atom. The molecule has 0 aliphatic rings. The first-order chi connectivity index (χ1) is 13.9. The molecule has 4 nitrogen and oxygen atoms in total. The zero-order chi connectivity index (χ0) is 21.2. The highest BCUT2D eigenvalue weighted by Gasteiger charge is 2.25. The predicted molar refractivity (Wildman–Crippen MR) is 121 cm³/mol. The average Bonchev–Trinajstić information content (AvgIpc) is 2.71. The van der Waals surface area contributed by atoms with Crippen molar-refractivity contribution in [2.75, 3.05) is 12.3 Å². The van der Waals surface area contributed by atoms with Crippen LogP contribution in [0.4, 0.5) is 0 Å². The summed E-state index contributed by atoms with van der Waals surface area (Å²) in [4.78, 5) is 28.5. The number of hydrogen-bond acceptors (Lipinski definition) is 3. The smallest absolute Gasteiger partial charge is 0.242 e. The van der Waals surface area contributed by atoms with Gasteiger partial charge in [-0.2, -0.15) is 0 Å². The first-order valence-electron chi connectivity index (χ1n) is 10.2. The molecule has 1 unspecified atom stereocenters. The molecule has 0 fully saturated rings. The minimum atomic E-state index is -0.508. The molecule has 1 atom stereocenters. The van der Waals surface area contributed by atoms with Gasteiger partial charge in [-0.05, 0) is 37.5 Å². The number of hydrogen-bond donors (Lipinski definition) is 1. The number of benzene rings is 2. The summed E-state index contributed by atoms with van der Waals surface area (Å²) in [6.45, 7) is 9.03. The van der Waals surface area contributed by atoms with Gasteiger partial charge in [0.05, 0.1) is 0 Å². The second-order valence-corrected chi connectivity index (χ2v) is 8.90. The van der Waals surface area contributed by atoms with Crippen LogP contribution in [-0.4, -0.2) is 35.1 Å². The van der Waals surface area contributed by atoms with Crippen LogP contribution < -0.4 is 5.32 Å². The third kappa shape index (κ3) is 7.94. The van der Waals surface area contributed by atoms with Crippen LogP contribution in [0.25, 0.3) is 0 Å². The minimum absolute atomic E-state index is 0.000613. The lowest BCUT2D eigenvalue weighted by Crippen LogP contribution is -2.48. The third-order valence-corrected chi connectivity index (χ3v) is 5.67. The van der Waals surface area contributed by atoms with Crippen LogP contribution >= 0.6 is 11.8 Å². The Morgan fingerprint density at radius 3 is 2.28 bits per heavy atom. The summed E-state index contributed by atoms with van der Waals surface area (Å²) in [6.07, 6.45) is 0.396. The van der Waals surface area contributed by atoms with Crippen molar-refractivity contribution in [3.63, 3.8) is 0 Å². The van der Waals surface area contributed by atoms with E-state index in [2.05, 4.69) is 50.4 Å². The van der Waals surface area contributed by atoms with Crippen molar-refractivity contribution in [2.24, 2.45) is 5.92 Å². The van der Waals surface area contributed by atoms with E-state index >= 15 is 0 Å². The molecule has 0 aliphatic carbocycles. The van der Waals surface area contributed by atoms with Gasteiger partial charge in [-0.25, -0.2) is 0 Å². The first kappa shape index (κ1) is 23.0. The number of aryl methyl sites for hydroxylation is 1. The summed E-state index contributed by atoms with van der Waals surface area (Å²) in [7, 11) is 0. The van der Waals surface area contributed by atoms with Crippen LogP contribution in [0, 0.1) is 12.8 Å². The van der Waals surface area contributed by atoms with Gasteiger partial charge in [0.15, 0.2) is 0 Å². The molecule has 0 bridgehead atoms. The van der Waals surface area contributed by atoms with Gasteiger partial charge in [0.2, 0.25) is 11.8 Å². The maximum Gasteiger partial charge on any atom is 0.242 e. The zero-order valence-electron chi connectivity index (χ0n) is 17.9. The fourth-order valence-electron chi connectivity index (χ4n) is 2.85. The van der Waals surface area contributed by atoms with Crippen LogP contribution in [0.2, 0.25) is 0 Å². The Morgan fingerprint density at radius 1 is 1.00 bits per heavy atom. The largest absolute Gasteiger partial charge is 0.354 e. The fraction of sp³-hybridized carbons (Fsp3) is 0.417. The molecule has 2 aromatic rings. The summed E-state index contributed by atoms with van der Waals surface area (Å²) in [5, 5.41) is 2.95. The lowest BCUT2D eigenvalue weighted by Gasteiger charge is -2.29. The van der Waals surface area contributed by atoms with Crippen LogP contribution in [0.5, 0.6) is 0 Å². The molecule has 0 saturated heterocycles. The fourth-order valence-corrected chi connectivity index (χ4v) is 3.69. The van der Waals surface area contributed by atoms with Gasteiger partial charge >= 0.3 is 0 Å². The predicted octanol–water partition coefficient (Wildman–Crippen LogP) is 4.67. The monoisotopic (exact) mass is 412 g/mol. The second kappa shape index (κ2) is 11.7. The first-order valence-corrected chi connectivity index (χ1v) is 11.2. The molecule has 2 amide bonds. The summed E-state index contributed by atoms with van der Waals surface area (Å²) < 4.78 is 0. The van der Waals surface area contributed by atoms with E-state index in [9.17, 15) is 9.59 Å². The van der Waals surface area contributed by atoms with Gasteiger partial charge < -0.3 is 10.2 Å². The van der Waals surface area contributed by atoms with Gasteiger partial charge in [0.1, 0.15) is 6.04 Å². The Labute approximate surface area is 179 Å². The molecule has 0 aromatic heterocycles. The second-order valence-electron chi connectivity index (χ2n) is 7.73. The van der Waals surface area contributed by atoms with Crippen molar-refractivity contribution < 1.29 is 9.59 Å². The van der Waals surface area contributed by atoms with Crippen molar-refractivity contribution in [2.45, 2.75) is 51.6 Å². The summed E-state index contributed by atoms with van der Waals surface area (Å²) in [5.41, 5.74) is 2.25. The maximum atomic E-state index is 13.0. The number of nitrogens with one attached hydrogen (secondary N) is 1. The maximum absolute atomic E-state index is 13.0. The van der Waals surface area contributed by atoms with E-state index in [-0.39, 0.29) is 11.8 Å². The Balaban J connectivity index is 2.01. The molecule has 0 saturated carbocycles. The molecule has 1 N–H and O–H groups in total. The van der Waals surface area contributed by atoms with Gasteiger partial charge in [-0.1, -0.05) is 61.9 Å². The highest BCUT2D eigenvalue weighted by Crippen LogP contribution is 2.20. The van der Waals surface area contributed by atoms with Crippen LogP contribution in [-0.2, 0) is 16.1 Å². The number of nitrogens with zero attached hydrogens (tertiary/aromatic N) is 1. The lowest BCUT2D eigenvalue weighted by molar-refractivity contribution is -0.140. The highest BCUT2D eigenvalue weighted by molar-refractivity contribution is 7.99. The van der Waals surface area contributed by atoms with E-state index in [1.54, 1.807) is 16.7 Å². The van der Waals surface area contributed by atoms with Gasteiger partial charge in [0.25, 0.3) is 0 Å². The van der Waals surface area contributed by atoms with Crippen LogP contribution in [0.1, 0.15) is 38.3 Å². The summed E-state index contributed by atoms with van der Waals surface area (Å²) >= 11 is 1.67. The molecule has 2 rings (SSSR count). The molecule has 0 heterocycles. The van der Waals surface area contributed by atoms with Gasteiger partial charge in [-0.3, -0.25) is 9.59 Å². The summed E-state index contributed by atoms with van der Waals surface area (Å²) in [5.74, 6) is 0.957. The summed E-state index contributed by atoms with van der Waals surface area (Å²) in [6, 6.07) is 17.6. The van der Waals surface area contributed by atoms with Crippen molar-refractivity contribution in [1.29, 1.82) is 0 Å². The quantitative estimate of drug-likeness (QED) is 0.577. The number of carbonyl (C=O) groups excluding carboxylic acids is 2. The van der Waals surface area contributed by atoms with E-state index < -0.39 is 6.04 Å². The number of amides is 2. The molecule has 0 radical (unpaired) electrons. The molecule has 29 heavy (non-hydrogen) atoms. The van der Waals surface area contributed by atoms with Crippen molar-refractivity contribution in [1.82, 2.24) is 10.2 Å².